The van der Waals surface area contributed by atoms with E-state index in [1.54, 1.807) is 18.3 Å². The molecule has 1 fully saturated rings. The van der Waals surface area contributed by atoms with Crippen LogP contribution in [0.15, 0.2) is 54.7 Å². The van der Waals surface area contributed by atoms with Crippen LogP contribution in [0.25, 0.3) is 10.9 Å². The lowest BCUT2D eigenvalue weighted by Gasteiger charge is -2.31. The summed E-state index contributed by atoms with van der Waals surface area (Å²) >= 11 is 6.09. The molecule has 2 aromatic carbocycles. The van der Waals surface area contributed by atoms with Gasteiger partial charge in [0.2, 0.25) is 0 Å². The third-order valence-electron chi connectivity index (χ3n) is 5.14. The fourth-order valence-electron chi connectivity index (χ4n) is 3.61. The summed E-state index contributed by atoms with van der Waals surface area (Å²) in [5.41, 5.74) is 2.29. The van der Waals surface area contributed by atoms with Gasteiger partial charge in [-0.15, -0.1) is 0 Å². The molecule has 2 heterocycles. The van der Waals surface area contributed by atoms with Crippen molar-refractivity contribution in [1.29, 1.82) is 0 Å². The Hall–Kier alpha value is -2.83. The first-order valence-corrected chi connectivity index (χ1v) is 9.73. The molecule has 0 saturated carbocycles. The van der Waals surface area contributed by atoms with Crippen LogP contribution in [0.1, 0.15) is 10.4 Å². The number of aromatic amines is 1. The van der Waals surface area contributed by atoms with Gasteiger partial charge in [0.15, 0.2) is 6.54 Å². The number of carbonyl (C=O) groups excluding carboxylic acids is 2. The molecule has 0 radical (unpaired) electrons. The lowest BCUT2D eigenvalue weighted by atomic mass is 10.1. The number of rotatable bonds is 4. The summed E-state index contributed by atoms with van der Waals surface area (Å²) in [6, 6.07) is 15.0. The molecule has 1 aliphatic rings. The Balaban J connectivity index is 1.32. The number of hydrogen-bond acceptors (Lipinski definition) is 2. The summed E-state index contributed by atoms with van der Waals surface area (Å²) in [6.45, 7) is 3.11. The number of anilines is 1. The van der Waals surface area contributed by atoms with Gasteiger partial charge < -0.3 is 20.1 Å². The predicted molar refractivity (Wildman–Crippen MR) is 110 cm³/mol. The number of nitrogens with one attached hydrogen (secondary N) is 3. The minimum Gasteiger partial charge on any atom is -0.360 e. The van der Waals surface area contributed by atoms with Gasteiger partial charge in [0.05, 0.1) is 42.5 Å². The van der Waals surface area contributed by atoms with Crippen molar-refractivity contribution >= 4 is 40.0 Å². The van der Waals surface area contributed by atoms with Gasteiger partial charge in [0.25, 0.3) is 11.8 Å². The number of benzene rings is 2. The number of nitrogens with zero attached hydrogens (tertiary/aromatic N) is 1. The van der Waals surface area contributed by atoms with Crippen molar-refractivity contribution < 1.29 is 14.5 Å². The highest BCUT2D eigenvalue weighted by molar-refractivity contribution is 6.33. The standard InChI is InChI=1S/C21H21ClN4O2/c22-17-6-2-4-8-19(17)24-20(27)14-25-9-11-26(12-10-25)21(28)16-13-23-18-7-3-1-5-15(16)18/h1-8,13,23H,9-12,14H2,(H,24,27)/p+1. The lowest BCUT2D eigenvalue weighted by Crippen LogP contribution is -3.15. The van der Waals surface area contributed by atoms with Crippen LogP contribution in [-0.4, -0.2) is 54.4 Å². The number of quaternary nitrogens is 1. The molecule has 0 unspecified atom stereocenters. The van der Waals surface area contributed by atoms with Crippen LogP contribution in [0, 0.1) is 0 Å². The van der Waals surface area contributed by atoms with Crippen molar-refractivity contribution in [1.82, 2.24) is 9.88 Å². The number of halogens is 1. The Labute approximate surface area is 168 Å². The van der Waals surface area contributed by atoms with Crippen LogP contribution < -0.4 is 10.2 Å². The van der Waals surface area contributed by atoms with Crippen molar-refractivity contribution in [3.63, 3.8) is 0 Å². The SMILES string of the molecule is O=C(C[NH+]1CCN(C(=O)c2c[nH]c3ccccc23)CC1)Nc1ccccc1Cl. The quantitative estimate of drug-likeness (QED) is 0.628. The second-order valence-electron chi connectivity index (χ2n) is 6.99. The Morgan fingerprint density at radius 3 is 2.57 bits per heavy atom. The normalized spacial score (nSPS) is 15.0. The van der Waals surface area contributed by atoms with Crippen molar-refractivity contribution in [3.05, 3.63) is 65.3 Å². The summed E-state index contributed by atoms with van der Waals surface area (Å²) in [7, 11) is 0. The van der Waals surface area contributed by atoms with E-state index in [-0.39, 0.29) is 11.8 Å². The highest BCUT2D eigenvalue weighted by Crippen LogP contribution is 2.20. The van der Waals surface area contributed by atoms with Crippen molar-refractivity contribution in [2.24, 2.45) is 0 Å². The van der Waals surface area contributed by atoms with E-state index in [0.29, 0.717) is 35.9 Å². The lowest BCUT2D eigenvalue weighted by molar-refractivity contribution is -0.895. The van der Waals surface area contributed by atoms with Gasteiger partial charge in [-0.1, -0.05) is 41.9 Å². The van der Waals surface area contributed by atoms with Gasteiger partial charge in [0.1, 0.15) is 0 Å². The van der Waals surface area contributed by atoms with Crippen LogP contribution in [0.2, 0.25) is 5.02 Å². The molecular formula is C21H22ClN4O2+. The van der Waals surface area contributed by atoms with Crippen molar-refractivity contribution in [3.8, 4) is 0 Å². The Morgan fingerprint density at radius 2 is 1.79 bits per heavy atom. The first-order valence-electron chi connectivity index (χ1n) is 9.35. The molecule has 7 heteroatoms. The van der Waals surface area contributed by atoms with Gasteiger partial charge in [-0.3, -0.25) is 9.59 Å². The molecule has 1 aromatic heterocycles. The van der Waals surface area contributed by atoms with Gasteiger partial charge in [-0.05, 0) is 18.2 Å². The van der Waals surface area contributed by atoms with E-state index in [1.807, 2.05) is 41.3 Å². The number of para-hydroxylation sites is 2. The summed E-state index contributed by atoms with van der Waals surface area (Å²) < 4.78 is 0. The molecule has 6 nitrogen and oxygen atoms in total. The molecule has 1 aliphatic heterocycles. The molecule has 0 aliphatic carbocycles. The molecule has 0 bridgehead atoms. The van der Waals surface area contributed by atoms with E-state index in [2.05, 4.69) is 10.3 Å². The number of piperazine rings is 1. The Morgan fingerprint density at radius 1 is 1.07 bits per heavy atom. The summed E-state index contributed by atoms with van der Waals surface area (Å²) in [5, 5.41) is 4.33. The minimum atomic E-state index is -0.0699. The second-order valence-corrected chi connectivity index (χ2v) is 7.40. The summed E-state index contributed by atoms with van der Waals surface area (Å²) in [6.07, 6.45) is 1.78. The molecule has 3 aromatic rings. The third kappa shape index (κ3) is 3.88. The molecule has 1 saturated heterocycles. The first kappa shape index (κ1) is 18.5. The highest BCUT2D eigenvalue weighted by atomic mass is 35.5. The second kappa shape index (κ2) is 8.04. The maximum absolute atomic E-state index is 12.9. The van der Waals surface area contributed by atoms with Crippen molar-refractivity contribution in [2.45, 2.75) is 0 Å². The van der Waals surface area contributed by atoms with E-state index < -0.39 is 0 Å². The maximum Gasteiger partial charge on any atom is 0.279 e. The molecule has 0 spiro atoms. The topological polar surface area (TPSA) is 69.6 Å². The third-order valence-corrected chi connectivity index (χ3v) is 5.47. The van der Waals surface area contributed by atoms with E-state index in [0.717, 1.165) is 28.9 Å². The Bertz CT molecular complexity index is 1010. The first-order chi connectivity index (χ1) is 13.6. The van der Waals surface area contributed by atoms with Crippen LogP contribution in [0.3, 0.4) is 0 Å². The summed E-state index contributed by atoms with van der Waals surface area (Å²) in [5.74, 6) is -0.0310. The highest BCUT2D eigenvalue weighted by Gasteiger charge is 2.27. The molecule has 0 atom stereocenters. The fourth-order valence-corrected chi connectivity index (χ4v) is 3.79. The number of amides is 2. The molecular weight excluding hydrogens is 376 g/mol. The largest absolute Gasteiger partial charge is 0.360 e. The molecule has 2 amide bonds. The van der Waals surface area contributed by atoms with Gasteiger partial charge in [-0.25, -0.2) is 0 Å². The molecule has 28 heavy (non-hydrogen) atoms. The maximum atomic E-state index is 12.9. The molecule has 4 rings (SSSR count). The number of aromatic nitrogens is 1. The number of fused-ring (bicyclic) bond motifs is 1. The average Bonchev–Trinajstić information content (AvgIpc) is 3.14. The van der Waals surface area contributed by atoms with Crippen LogP contribution in [0.4, 0.5) is 5.69 Å². The smallest absolute Gasteiger partial charge is 0.279 e. The van der Waals surface area contributed by atoms with E-state index in [9.17, 15) is 9.59 Å². The van der Waals surface area contributed by atoms with E-state index in [4.69, 9.17) is 11.6 Å². The van der Waals surface area contributed by atoms with Gasteiger partial charge in [-0.2, -0.15) is 0 Å². The van der Waals surface area contributed by atoms with Gasteiger partial charge >= 0.3 is 0 Å². The zero-order chi connectivity index (χ0) is 19.5. The van der Waals surface area contributed by atoms with E-state index >= 15 is 0 Å². The van der Waals surface area contributed by atoms with Crippen LogP contribution in [0.5, 0.6) is 0 Å². The molecule has 144 valence electrons. The number of H-pyrrole nitrogens is 1. The fraction of sp³-hybridized carbons (Fsp3) is 0.238. The zero-order valence-corrected chi connectivity index (χ0v) is 16.1. The van der Waals surface area contributed by atoms with Crippen molar-refractivity contribution in [2.75, 3.05) is 38.0 Å². The number of carbonyl (C=O) groups is 2. The zero-order valence-electron chi connectivity index (χ0n) is 15.4. The predicted octanol–water partition coefficient (Wildman–Crippen LogP) is 1.80. The Kier molecular flexibility index (Phi) is 5.32. The molecule has 3 N–H and O–H groups in total. The monoisotopic (exact) mass is 397 g/mol. The average molecular weight is 398 g/mol. The van der Waals surface area contributed by atoms with E-state index in [1.165, 1.54) is 0 Å². The minimum absolute atomic E-state index is 0.0389. The number of hydrogen-bond donors (Lipinski definition) is 3. The van der Waals surface area contributed by atoms with Crippen LogP contribution >= 0.6 is 11.6 Å². The van der Waals surface area contributed by atoms with Crippen LogP contribution in [-0.2, 0) is 4.79 Å². The van der Waals surface area contributed by atoms with Gasteiger partial charge in [0, 0.05) is 17.1 Å². The summed E-state index contributed by atoms with van der Waals surface area (Å²) in [4.78, 5) is 31.4.